The Kier molecular flexibility index (Phi) is 3.34. The molecule has 0 unspecified atom stereocenters. The number of rotatable bonds is 3. The van der Waals surface area contributed by atoms with Crippen molar-refractivity contribution in [1.82, 2.24) is 9.55 Å². The molecule has 3 nitrogen and oxygen atoms in total. The predicted octanol–water partition coefficient (Wildman–Crippen LogP) is 4.02. The molecule has 0 saturated heterocycles. The lowest BCUT2D eigenvalue weighted by Crippen LogP contribution is -2.04. The van der Waals surface area contributed by atoms with Crippen molar-refractivity contribution >= 4 is 17.3 Å². The Morgan fingerprint density at radius 1 is 1.14 bits per heavy atom. The maximum Gasteiger partial charge on any atom is 0.150 e. The van der Waals surface area contributed by atoms with Gasteiger partial charge in [-0.05, 0) is 37.1 Å². The summed E-state index contributed by atoms with van der Waals surface area (Å²) in [6.45, 7) is 6.19. The summed E-state index contributed by atoms with van der Waals surface area (Å²) < 4.78 is 2.19. The van der Waals surface area contributed by atoms with E-state index in [1.54, 1.807) is 0 Å². The van der Waals surface area contributed by atoms with Crippen molar-refractivity contribution in [3.05, 3.63) is 58.9 Å². The third-order valence-electron chi connectivity index (χ3n) is 3.98. The molecule has 0 aliphatic rings. The van der Waals surface area contributed by atoms with E-state index >= 15 is 0 Å². The number of aromatic nitrogens is 2. The van der Waals surface area contributed by atoms with Gasteiger partial charge in [0, 0.05) is 12.0 Å². The molecule has 0 aliphatic carbocycles. The monoisotopic (exact) mass is 278 g/mol. The van der Waals surface area contributed by atoms with Crippen LogP contribution in [0.3, 0.4) is 0 Å². The van der Waals surface area contributed by atoms with Crippen molar-refractivity contribution < 1.29 is 4.79 Å². The molecule has 0 N–H and O–H groups in total. The fourth-order valence-electron chi connectivity index (χ4n) is 2.85. The zero-order valence-electron chi connectivity index (χ0n) is 12.6. The highest BCUT2D eigenvalue weighted by atomic mass is 16.1. The molecule has 0 radical (unpaired) electrons. The molecule has 1 aromatic heterocycles. The standard InChI is InChI=1S/C18H18N2O/c1-4-17-19-15-9-5-7-12(2)18(15)20(17)16-10-6-8-14(11-21)13(16)3/h5-11H,4H2,1-3H3. The fourth-order valence-corrected chi connectivity index (χ4v) is 2.85. The third kappa shape index (κ3) is 2.05. The maximum atomic E-state index is 11.2. The molecular weight excluding hydrogens is 260 g/mol. The minimum Gasteiger partial charge on any atom is -0.298 e. The summed E-state index contributed by atoms with van der Waals surface area (Å²) in [6.07, 6.45) is 1.76. The SMILES string of the molecule is CCc1nc2cccc(C)c2n1-c1cccc(C=O)c1C. The molecule has 0 bridgehead atoms. The van der Waals surface area contributed by atoms with E-state index in [1.165, 1.54) is 5.56 Å². The lowest BCUT2D eigenvalue weighted by Gasteiger charge is -2.13. The van der Waals surface area contributed by atoms with E-state index in [2.05, 4.69) is 30.5 Å². The van der Waals surface area contributed by atoms with Crippen LogP contribution in [0.1, 0.15) is 34.2 Å². The number of carbonyl (C=O) groups is 1. The van der Waals surface area contributed by atoms with Crippen LogP contribution in [-0.2, 0) is 6.42 Å². The van der Waals surface area contributed by atoms with Gasteiger partial charge in [0.25, 0.3) is 0 Å². The van der Waals surface area contributed by atoms with Crippen LogP contribution < -0.4 is 0 Å². The molecule has 0 fully saturated rings. The first kappa shape index (κ1) is 13.6. The van der Waals surface area contributed by atoms with Crippen LogP contribution in [0.5, 0.6) is 0 Å². The fraction of sp³-hybridized carbons (Fsp3) is 0.222. The number of benzene rings is 2. The first-order valence-electron chi connectivity index (χ1n) is 7.19. The van der Waals surface area contributed by atoms with E-state index in [1.807, 2.05) is 31.2 Å². The second-order valence-electron chi connectivity index (χ2n) is 5.27. The minimum absolute atomic E-state index is 0.727. The van der Waals surface area contributed by atoms with Gasteiger partial charge in [-0.3, -0.25) is 9.36 Å². The van der Waals surface area contributed by atoms with Gasteiger partial charge in [-0.1, -0.05) is 31.2 Å². The second-order valence-corrected chi connectivity index (χ2v) is 5.27. The van der Waals surface area contributed by atoms with E-state index < -0.39 is 0 Å². The Morgan fingerprint density at radius 3 is 2.62 bits per heavy atom. The summed E-state index contributed by atoms with van der Waals surface area (Å²) in [7, 11) is 0. The number of nitrogens with zero attached hydrogens (tertiary/aromatic N) is 2. The molecule has 106 valence electrons. The van der Waals surface area contributed by atoms with Crippen molar-refractivity contribution in [1.29, 1.82) is 0 Å². The molecule has 21 heavy (non-hydrogen) atoms. The summed E-state index contributed by atoms with van der Waals surface area (Å²) in [5.41, 5.74) is 6.07. The molecule has 3 aromatic rings. The Labute approximate surface area is 124 Å². The highest BCUT2D eigenvalue weighted by Gasteiger charge is 2.15. The number of hydrogen-bond donors (Lipinski definition) is 0. The van der Waals surface area contributed by atoms with Gasteiger partial charge in [0.2, 0.25) is 0 Å². The number of carbonyl (C=O) groups excluding carboxylic acids is 1. The van der Waals surface area contributed by atoms with Gasteiger partial charge in [0.15, 0.2) is 0 Å². The average molecular weight is 278 g/mol. The molecular formula is C18H18N2O. The van der Waals surface area contributed by atoms with Crippen molar-refractivity contribution in [3.8, 4) is 5.69 Å². The summed E-state index contributed by atoms with van der Waals surface area (Å²) in [5, 5.41) is 0. The largest absolute Gasteiger partial charge is 0.298 e. The lowest BCUT2D eigenvalue weighted by atomic mass is 10.1. The zero-order valence-corrected chi connectivity index (χ0v) is 12.6. The summed E-state index contributed by atoms with van der Waals surface area (Å²) >= 11 is 0. The number of fused-ring (bicyclic) bond motifs is 1. The van der Waals surface area contributed by atoms with Crippen LogP contribution >= 0.6 is 0 Å². The number of para-hydroxylation sites is 1. The van der Waals surface area contributed by atoms with Gasteiger partial charge < -0.3 is 0 Å². The van der Waals surface area contributed by atoms with Crippen molar-refractivity contribution in [2.45, 2.75) is 27.2 Å². The lowest BCUT2D eigenvalue weighted by molar-refractivity contribution is 0.112. The van der Waals surface area contributed by atoms with Crippen LogP contribution in [0.25, 0.3) is 16.7 Å². The van der Waals surface area contributed by atoms with Gasteiger partial charge in [-0.15, -0.1) is 0 Å². The summed E-state index contributed by atoms with van der Waals surface area (Å²) in [5.74, 6) is 1.02. The number of aldehydes is 1. The molecule has 2 aromatic carbocycles. The highest BCUT2D eigenvalue weighted by molar-refractivity contribution is 5.84. The third-order valence-corrected chi connectivity index (χ3v) is 3.98. The number of aryl methyl sites for hydroxylation is 2. The molecule has 0 atom stereocenters. The Morgan fingerprint density at radius 2 is 1.90 bits per heavy atom. The summed E-state index contributed by atoms with van der Waals surface area (Å²) in [6, 6.07) is 12.0. The predicted molar refractivity (Wildman–Crippen MR) is 85.3 cm³/mol. The van der Waals surface area contributed by atoms with Gasteiger partial charge in [-0.2, -0.15) is 0 Å². The smallest absolute Gasteiger partial charge is 0.150 e. The van der Waals surface area contributed by atoms with Crippen LogP contribution in [0, 0.1) is 13.8 Å². The Hall–Kier alpha value is -2.42. The number of hydrogen-bond acceptors (Lipinski definition) is 2. The van der Waals surface area contributed by atoms with E-state index in [9.17, 15) is 4.79 Å². The normalized spacial score (nSPS) is 11.0. The molecule has 1 heterocycles. The quantitative estimate of drug-likeness (QED) is 0.678. The Balaban J connectivity index is 2.42. The van der Waals surface area contributed by atoms with E-state index in [-0.39, 0.29) is 0 Å². The topological polar surface area (TPSA) is 34.9 Å². The Bertz CT molecular complexity index is 831. The van der Waals surface area contributed by atoms with E-state index in [4.69, 9.17) is 4.98 Å². The van der Waals surface area contributed by atoms with Crippen LogP contribution in [0.15, 0.2) is 36.4 Å². The van der Waals surface area contributed by atoms with E-state index in [0.29, 0.717) is 0 Å². The first-order chi connectivity index (χ1) is 10.2. The van der Waals surface area contributed by atoms with Crippen molar-refractivity contribution in [2.75, 3.05) is 0 Å². The molecule has 0 spiro atoms. The van der Waals surface area contributed by atoms with Crippen molar-refractivity contribution in [2.24, 2.45) is 0 Å². The summed E-state index contributed by atoms with van der Waals surface area (Å²) in [4.78, 5) is 15.9. The molecule has 3 rings (SSSR count). The van der Waals surface area contributed by atoms with Gasteiger partial charge in [0.05, 0.1) is 16.7 Å². The van der Waals surface area contributed by atoms with Crippen LogP contribution in [0.2, 0.25) is 0 Å². The molecule has 0 aliphatic heterocycles. The van der Waals surface area contributed by atoms with E-state index in [0.717, 1.165) is 46.4 Å². The average Bonchev–Trinajstić information content (AvgIpc) is 2.87. The highest BCUT2D eigenvalue weighted by Crippen LogP contribution is 2.27. The number of imidazole rings is 1. The van der Waals surface area contributed by atoms with Gasteiger partial charge >= 0.3 is 0 Å². The zero-order chi connectivity index (χ0) is 15.0. The second kappa shape index (κ2) is 5.17. The molecule has 0 amide bonds. The van der Waals surface area contributed by atoms with Crippen molar-refractivity contribution in [3.63, 3.8) is 0 Å². The van der Waals surface area contributed by atoms with Crippen LogP contribution in [-0.4, -0.2) is 15.8 Å². The first-order valence-corrected chi connectivity index (χ1v) is 7.19. The van der Waals surface area contributed by atoms with Gasteiger partial charge in [0.1, 0.15) is 12.1 Å². The minimum atomic E-state index is 0.727. The maximum absolute atomic E-state index is 11.2. The molecule has 0 saturated carbocycles. The van der Waals surface area contributed by atoms with Gasteiger partial charge in [-0.25, -0.2) is 4.98 Å². The molecule has 3 heteroatoms. The van der Waals surface area contributed by atoms with Crippen LogP contribution in [0.4, 0.5) is 0 Å².